The summed E-state index contributed by atoms with van der Waals surface area (Å²) in [4.78, 5) is 12.2. The number of ether oxygens (including phenoxy) is 1. The minimum atomic E-state index is -0.767. The molecule has 2 atom stereocenters. The van der Waals surface area contributed by atoms with Gasteiger partial charge in [-0.05, 0) is 52.9 Å². The molecule has 2 N–H and O–H groups in total. The van der Waals surface area contributed by atoms with Crippen LogP contribution >= 0.6 is 15.9 Å². The Balaban J connectivity index is 1.97. The van der Waals surface area contributed by atoms with Crippen LogP contribution in [0.25, 0.3) is 0 Å². The highest BCUT2D eigenvalue weighted by Crippen LogP contribution is 2.31. The number of benzene rings is 1. The van der Waals surface area contributed by atoms with Crippen LogP contribution in [0.1, 0.15) is 43.0 Å². The Labute approximate surface area is 134 Å². The lowest BCUT2D eigenvalue weighted by atomic mass is 9.79. The molecule has 0 aromatic heterocycles. The topological polar surface area (TPSA) is 58.6 Å². The van der Waals surface area contributed by atoms with Crippen molar-refractivity contribution in [3.63, 3.8) is 0 Å². The molecule has 0 radical (unpaired) electrons. The molecule has 1 aromatic carbocycles. The summed E-state index contributed by atoms with van der Waals surface area (Å²) in [6.45, 7) is 2.45. The van der Waals surface area contributed by atoms with Gasteiger partial charge in [-0.2, -0.15) is 0 Å². The zero-order valence-electron chi connectivity index (χ0n) is 12.5. The Morgan fingerprint density at radius 1 is 1.57 bits per heavy atom. The number of hydrogen-bond donors (Lipinski definition) is 2. The molecule has 116 valence electrons. The molecule has 0 saturated heterocycles. The van der Waals surface area contributed by atoms with Crippen molar-refractivity contribution < 1.29 is 14.6 Å². The molecule has 2 rings (SSSR count). The van der Waals surface area contributed by atoms with Gasteiger partial charge in [-0.15, -0.1) is 0 Å². The van der Waals surface area contributed by atoms with Gasteiger partial charge in [-0.3, -0.25) is 4.79 Å². The number of aliphatic hydroxyl groups is 1. The third-order valence-electron chi connectivity index (χ3n) is 4.06. The first-order chi connectivity index (χ1) is 9.93. The Bertz CT molecular complexity index is 520. The van der Waals surface area contributed by atoms with Gasteiger partial charge in [0.1, 0.15) is 5.75 Å². The van der Waals surface area contributed by atoms with Gasteiger partial charge in [0.2, 0.25) is 0 Å². The van der Waals surface area contributed by atoms with Crippen molar-refractivity contribution in [2.75, 3.05) is 13.7 Å². The smallest absolute Gasteiger partial charge is 0.251 e. The lowest BCUT2D eigenvalue weighted by Gasteiger charge is -2.35. The number of halogens is 1. The first kappa shape index (κ1) is 16.3. The predicted octanol–water partition coefficient (Wildman–Crippen LogP) is 3.13. The SMILES string of the molecule is COc1ccc(C(=O)NCC2(O)CCCC(C)C2)cc1Br. The summed E-state index contributed by atoms with van der Waals surface area (Å²) in [5, 5.41) is 13.4. The van der Waals surface area contributed by atoms with Crippen LogP contribution in [0.3, 0.4) is 0 Å². The van der Waals surface area contributed by atoms with Crippen molar-refractivity contribution in [2.45, 2.75) is 38.2 Å². The molecule has 2 unspecified atom stereocenters. The fraction of sp³-hybridized carbons (Fsp3) is 0.562. The highest BCUT2D eigenvalue weighted by molar-refractivity contribution is 9.10. The van der Waals surface area contributed by atoms with Crippen LogP contribution < -0.4 is 10.1 Å². The average Bonchev–Trinajstić information content (AvgIpc) is 2.44. The summed E-state index contributed by atoms with van der Waals surface area (Å²) in [6, 6.07) is 5.19. The van der Waals surface area contributed by atoms with Crippen LogP contribution in [0.4, 0.5) is 0 Å². The van der Waals surface area contributed by atoms with E-state index in [-0.39, 0.29) is 5.91 Å². The summed E-state index contributed by atoms with van der Waals surface area (Å²) in [5.41, 5.74) is -0.216. The summed E-state index contributed by atoms with van der Waals surface area (Å²) in [5.74, 6) is 1.02. The van der Waals surface area contributed by atoms with Crippen LogP contribution in [0.2, 0.25) is 0 Å². The maximum atomic E-state index is 12.2. The number of methoxy groups -OCH3 is 1. The molecule has 1 amide bonds. The van der Waals surface area contributed by atoms with Gasteiger partial charge in [0, 0.05) is 12.1 Å². The van der Waals surface area contributed by atoms with E-state index in [1.165, 1.54) is 0 Å². The number of nitrogens with one attached hydrogen (secondary N) is 1. The van der Waals surface area contributed by atoms with Crippen molar-refractivity contribution in [3.05, 3.63) is 28.2 Å². The van der Waals surface area contributed by atoms with E-state index in [2.05, 4.69) is 28.2 Å². The lowest BCUT2D eigenvalue weighted by Crippen LogP contribution is -2.45. The van der Waals surface area contributed by atoms with Gasteiger partial charge < -0.3 is 15.2 Å². The lowest BCUT2D eigenvalue weighted by molar-refractivity contribution is -0.0109. The number of carbonyl (C=O) groups is 1. The summed E-state index contributed by atoms with van der Waals surface area (Å²) in [7, 11) is 1.58. The van der Waals surface area contributed by atoms with E-state index in [0.717, 1.165) is 30.2 Å². The molecule has 1 aromatic rings. The zero-order chi connectivity index (χ0) is 15.5. The normalized spacial score (nSPS) is 25.4. The maximum absolute atomic E-state index is 12.2. The van der Waals surface area contributed by atoms with Crippen molar-refractivity contribution in [2.24, 2.45) is 5.92 Å². The Kier molecular flexibility index (Phi) is 5.27. The van der Waals surface area contributed by atoms with Crippen LogP contribution in [-0.4, -0.2) is 30.3 Å². The van der Waals surface area contributed by atoms with Gasteiger partial charge in [0.05, 0.1) is 17.2 Å². The second-order valence-corrected chi connectivity index (χ2v) is 6.81. The van der Waals surface area contributed by atoms with E-state index in [1.807, 2.05) is 0 Å². The molecule has 1 aliphatic carbocycles. The van der Waals surface area contributed by atoms with Crippen molar-refractivity contribution >= 4 is 21.8 Å². The van der Waals surface area contributed by atoms with Crippen molar-refractivity contribution in [1.82, 2.24) is 5.32 Å². The van der Waals surface area contributed by atoms with E-state index in [4.69, 9.17) is 4.74 Å². The molecule has 1 fully saturated rings. The van der Waals surface area contributed by atoms with E-state index in [0.29, 0.717) is 23.8 Å². The minimum Gasteiger partial charge on any atom is -0.496 e. The molecule has 0 spiro atoms. The summed E-state index contributed by atoms with van der Waals surface area (Å²) < 4.78 is 5.88. The molecule has 1 aliphatic rings. The zero-order valence-corrected chi connectivity index (χ0v) is 14.1. The second kappa shape index (κ2) is 6.79. The molecule has 21 heavy (non-hydrogen) atoms. The van der Waals surface area contributed by atoms with Gasteiger partial charge in [0.15, 0.2) is 0 Å². The van der Waals surface area contributed by atoms with E-state index >= 15 is 0 Å². The third kappa shape index (κ3) is 4.20. The average molecular weight is 356 g/mol. The molecule has 0 heterocycles. The highest BCUT2D eigenvalue weighted by atomic mass is 79.9. The van der Waals surface area contributed by atoms with Crippen LogP contribution in [-0.2, 0) is 0 Å². The Morgan fingerprint density at radius 3 is 2.95 bits per heavy atom. The number of carbonyl (C=O) groups excluding carboxylic acids is 1. The van der Waals surface area contributed by atoms with Crippen molar-refractivity contribution in [3.8, 4) is 5.75 Å². The third-order valence-corrected chi connectivity index (χ3v) is 4.68. The van der Waals surface area contributed by atoms with Crippen molar-refractivity contribution in [1.29, 1.82) is 0 Å². The fourth-order valence-electron chi connectivity index (χ4n) is 2.95. The Hall–Kier alpha value is -1.07. The monoisotopic (exact) mass is 355 g/mol. The first-order valence-electron chi connectivity index (χ1n) is 7.28. The van der Waals surface area contributed by atoms with Gasteiger partial charge in [0.25, 0.3) is 5.91 Å². The molecule has 0 bridgehead atoms. The standard InChI is InChI=1S/C16H22BrNO3/c1-11-4-3-7-16(20,9-11)10-18-15(19)12-5-6-14(21-2)13(17)8-12/h5-6,8,11,20H,3-4,7,9-10H2,1-2H3,(H,18,19). The molecule has 5 heteroatoms. The van der Waals surface area contributed by atoms with Gasteiger partial charge in [-0.25, -0.2) is 0 Å². The van der Waals surface area contributed by atoms with Crippen LogP contribution in [0, 0.1) is 5.92 Å². The van der Waals surface area contributed by atoms with Gasteiger partial charge in [-0.1, -0.05) is 19.8 Å². The number of amides is 1. The molecular formula is C16H22BrNO3. The van der Waals surface area contributed by atoms with Gasteiger partial charge >= 0.3 is 0 Å². The first-order valence-corrected chi connectivity index (χ1v) is 8.07. The molecular weight excluding hydrogens is 334 g/mol. The second-order valence-electron chi connectivity index (χ2n) is 5.96. The predicted molar refractivity (Wildman–Crippen MR) is 85.6 cm³/mol. The molecule has 0 aliphatic heterocycles. The summed E-state index contributed by atoms with van der Waals surface area (Å²) in [6.07, 6.45) is 3.67. The fourth-order valence-corrected chi connectivity index (χ4v) is 3.49. The number of rotatable bonds is 4. The maximum Gasteiger partial charge on any atom is 0.251 e. The quantitative estimate of drug-likeness (QED) is 0.872. The van der Waals surface area contributed by atoms with E-state index in [9.17, 15) is 9.90 Å². The molecule has 4 nitrogen and oxygen atoms in total. The Morgan fingerprint density at radius 2 is 2.33 bits per heavy atom. The number of hydrogen-bond acceptors (Lipinski definition) is 3. The minimum absolute atomic E-state index is 0.176. The van der Waals surface area contributed by atoms with E-state index in [1.54, 1.807) is 25.3 Å². The highest BCUT2D eigenvalue weighted by Gasteiger charge is 2.32. The summed E-state index contributed by atoms with van der Waals surface area (Å²) >= 11 is 3.37. The van der Waals surface area contributed by atoms with Crippen LogP contribution in [0.15, 0.2) is 22.7 Å². The largest absolute Gasteiger partial charge is 0.496 e. The molecule has 1 saturated carbocycles. The van der Waals surface area contributed by atoms with E-state index < -0.39 is 5.60 Å². The van der Waals surface area contributed by atoms with Crippen LogP contribution in [0.5, 0.6) is 5.75 Å².